The second-order valence-electron chi connectivity index (χ2n) is 6.61. The number of fused-ring (bicyclic) bond motifs is 3. The number of hydrogen-bond acceptors (Lipinski definition) is 5. The summed E-state index contributed by atoms with van der Waals surface area (Å²) < 4.78 is 10.9. The predicted octanol–water partition coefficient (Wildman–Crippen LogP) is 2.48. The van der Waals surface area contributed by atoms with Crippen LogP contribution in [0.3, 0.4) is 0 Å². The highest BCUT2D eigenvalue weighted by Crippen LogP contribution is 2.50. The number of allylic oxidation sites excluding steroid dienone is 3. The molecule has 3 rings (SSSR count). The zero-order valence-electron chi connectivity index (χ0n) is 13.7. The van der Waals surface area contributed by atoms with E-state index in [9.17, 15) is 14.4 Å². The molecule has 3 aliphatic rings. The molecule has 0 N–H and O–H groups in total. The molecular formula is C18H20O5. The van der Waals surface area contributed by atoms with Gasteiger partial charge < -0.3 is 9.47 Å². The van der Waals surface area contributed by atoms with Gasteiger partial charge in [-0.1, -0.05) is 13.8 Å². The molecule has 0 saturated carbocycles. The van der Waals surface area contributed by atoms with Crippen LogP contribution >= 0.6 is 0 Å². The minimum atomic E-state index is -1.33. The normalized spacial score (nSPS) is 33.5. The lowest BCUT2D eigenvalue weighted by Crippen LogP contribution is -2.47. The van der Waals surface area contributed by atoms with Gasteiger partial charge in [0, 0.05) is 11.5 Å². The standard InChI is InChI=1S/C18H20O5/c1-5-9(2)16(20)14-15-12-8-22-10(3)6-11(12)7-13(19)18(15,4)23-17(14)21/h6-9,14-15H,5H2,1-4H3/t9-,14-,15+,18-/m0/s1. The molecule has 0 aromatic carbocycles. The van der Waals surface area contributed by atoms with Crippen molar-refractivity contribution in [1.29, 1.82) is 0 Å². The number of ether oxygens (including phenoxy) is 2. The van der Waals surface area contributed by atoms with Gasteiger partial charge in [-0.05, 0) is 38.0 Å². The summed E-state index contributed by atoms with van der Waals surface area (Å²) in [6.45, 7) is 7.06. The molecule has 0 bridgehead atoms. The number of carbonyl (C=O) groups is 3. The molecular weight excluding hydrogens is 296 g/mol. The van der Waals surface area contributed by atoms with Crippen molar-refractivity contribution in [3.63, 3.8) is 0 Å². The summed E-state index contributed by atoms with van der Waals surface area (Å²) >= 11 is 0. The van der Waals surface area contributed by atoms with Crippen LogP contribution in [0.15, 0.2) is 35.3 Å². The van der Waals surface area contributed by atoms with Crippen LogP contribution in [-0.4, -0.2) is 23.1 Å². The first-order chi connectivity index (χ1) is 10.8. The average molecular weight is 316 g/mol. The van der Waals surface area contributed by atoms with Crippen LogP contribution in [0, 0.1) is 17.8 Å². The first kappa shape index (κ1) is 15.7. The lowest BCUT2D eigenvalue weighted by atomic mass is 9.66. The van der Waals surface area contributed by atoms with Crippen molar-refractivity contribution >= 4 is 17.5 Å². The quantitative estimate of drug-likeness (QED) is 0.591. The molecule has 23 heavy (non-hydrogen) atoms. The fraction of sp³-hybridized carbons (Fsp3) is 0.500. The largest absolute Gasteiger partial charge is 0.469 e. The molecule has 0 unspecified atom stereocenters. The number of hydrogen-bond donors (Lipinski definition) is 0. The number of esters is 1. The van der Waals surface area contributed by atoms with Crippen molar-refractivity contribution in [2.45, 2.75) is 39.7 Å². The molecule has 0 spiro atoms. The summed E-state index contributed by atoms with van der Waals surface area (Å²) in [7, 11) is 0. The van der Waals surface area contributed by atoms with Gasteiger partial charge >= 0.3 is 5.97 Å². The molecule has 4 atom stereocenters. The summed E-state index contributed by atoms with van der Waals surface area (Å²) in [5.41, 5.74) is 0.0505. The topological polar surface area (TPSA) is 69.7 Å². The highest BCUT2D eigenvalue weighted by Gasteiger charge is 2.62. The maximum atomic E-state index is 12.7. The van der Waals surface area contributed by atoms with E-state index in [0.717, 1.165) is 0 Å². The first-order valence-electron chi connectivity index (χ1n) is 7.87. The average Bonchev–Trinajstić information content (AvgIpc) is 2.78. The van der Waals surface area contributed by atoms with Gasteiger partial charge in [-0.15, -0.1) is 0 Å². The lowest BCUT2D eigenvalue weighted by molar-refractivity contribution is -0.156. The van der Waals surface area contributed by atoms with Crippen LogP contribution in [0.25, 0.3) is 0 Å². The smallest absolute Gasteiger partial charge is 0.318 e. The Labute approximate surface area is 135 Å². The van der Waals surface area contributed by atoms with Gasteiger partial charge in [-0.25, -0.2) is 0 Å². The fourth-order valence-corrected chi connectivity index (χ4v) is 3.48. The highest BCUT2D eigenvalue weighted by molar-refractivity contribution is 6.10. The van der Waals surface area contributed by atoms with Gasteiger partial charge in [0.15, 0.2) is 17.2 Å². The number of ketones is 2. The number of Topliss-reactive ketones (excluding diaryl/α,β-unsaturated/α-hetero) is 1. The molecule has 0 aromatic rings. The van der Waals surface area contributed by atoms with Crippen molar-refractivity contribution in [3.8, 4) is 0 Å². The Hall–Kier alpha value is -2.17. The zero-order valence-corrected chi connectivity index (χ0v) is 13.7. The maximum absolute atomic E-state index is 12.7. The third-order valence-corrected chi connectivity index (χ3v) is 5.07. The molecule has 5 nitrogen and oxygen atoms in total. The molecule has 5 heteroatoms. The third-order valence-electron chi connectivity index (χ3n) is 5.07. The first-order valence-corrected chi connectivity index (χ1v) is 7.87. The molecule has 0 amide bonds. The summed E-state index contributed by atoms with van der Waals surface area (Å²) in [5, 5.41) is 0. The number of rotatable bonds is 3. The maximum Gasteiger partial charge on any atom is 0.318 e. The van der Waals surface area contributed by atoms with Crippen molar-refractivity contribution in [1.82, 2.24) is 0 Å². The van der Waals surface area contributed by atoms with Gasteiger partial charge in [-0.3, -0.25) is 14.4 Å². The Kier molecular flexibility index (Phi) is 3.54. The Balaban J connectivity index is 2.10. The Morgan fingerprint density at radius 1 is 1.35 bits per heavy atom. The molecule has 2 heterocycles. The predicted molar refractivity (Wildman–Crippen MR) is 82.0 cm³/mol. The molecule has 1 aliphatic carbocycles. The molecule has 0 radical (unpaired) electrons. The molecule has 122 valence electrons. The van der Waals surface area contributed by atoms with E-state index in [2.05, 4.69) is 0 Å². The highest BCUT2D eigenvalue weighted by atomic mass is 16.6. The summed E-state index contributed by atoms with van der Waals surface area (Å²) in [5.74, 6) is -2.26. The van der Waals surface area contributed by atoms with Gasteiger partial charge in [0.1, 0.15) is 11.7 Å². The van der Waals surface area contributed by atoms with Crippen LogP contribution in [0.5, 0.6) is 0 Å². The number of carbonyl (C=O) groups excluding carboxylic acids is 3. The van der Waals surface area contributed by atoms with Crippen molar-refractivity contribution in [3.05, 3.63) is 35.3 Å². The van der Waals surface area contributed by atoms with E-state index in [1.165, 1.54) is 12.3 Å². The molecule has 1 fully saturated rings. The van der Waals surface area contributed by atoms with Crippen LogP contribution < -0.4 is 0 Å². The van der Waals surface area contributed by atoms with Crippen LogP contribution in [-0.2, 0) is 23.9 Å². The Morgan fingerprint density at radius 2 is 2.04 bits per heavy atom. The van der Waals surface area contributed by atoms with E-state index in [4.69, 9.17) is 9.47 Å². The summed E-state index contributed by atoms with van der Waals surface area (Å²) in [4.78, 5) is 37.7. The molecule has 0 aromatic heterocycles. The third kappa shape index (κ3) is 2.18. The van der Waals surface area contributed by atoms with Crippen molar-refractivity contribution in [2.24, 2.45) is 17.8 Å². The van der Waals surface area contributed by atoms with Crippen molar-refractivity contribution < 1.29 is 23.9 Å². The van der Waals surface area contributed by atoms with E-state index < -0.39 is 23.4 Å². The zero-order chi connectivity index (χ0) is 16.9. The van der Waals surface area contributed by atoms with Gasteiger partial charge in [0.05, 0.1) is 12.2 Å². The monoisotopic (exact) mass is 316 g/mol. The van der Waals surface area contributed by atoms with Gasteiger partial charge in [-0.2, -0.15) is 0 Å². The van der Waals surface area contributed by atoms with E-state index in [1.54, 1.807) is 26.8 Å². The van der Waals surface area contributed by atoms with Gasteiger partial charge in [0.2, 0.25) is 0 Å². The van der Waals surface area contributed by atoms with Crippen LogP contribution in [0.4, 0.5) is 0 Å². The van der Waals surface area contributed by atoms with Crippen molar-refractivity contribution in [2.75, 3.05) is 0 Å². The minimum Gasteiger partial charge on any atom is -0.469 e. The lowest BCUT2D eigenvalue weighted by Gasteiger charge is -2.35. The van der Waals surface area contributed by atoms with E-state index in [-0.39, 0.29) is 17.5 Å². The van der Waals surface area contributed by atoms with E-state index in [0.29, 0.717) is 23.3 Å². The van der Waals surface area contributed by atoms with Crippen LogP contribution in [0.2, 0.25) is 0 Å². The summed E-state index contributed by atoms with van der Waals surface area (Å²) in [6, 6.07) is 0. The molecule has 2 aliphatic heterocycles. The van der Waals surface area contributed by atoms with Crippen LogP contribution in [0.1, 0.15) is 34.1 Å². The second-order valence-corrected chi connectivity index (χ2v) is 6.61. The summed E-state index contributed by atoms with van der Waals surface area (Å²) in [6.07, 6.45) is 5.39. The molecule has 1 saturated heterocycles. The van der Waals surface area contributed by atoms with E-state index in [1.807, 2.05) is 6.92 Å². The minimum absolute atomic E-state index is 0.174. The fourth-order valence-electron chi connectivity index (χ4n) is 3.48. The second kappa shape index (κ2) is 5.18. The van der Waals surface area contributed by atoms with Gasteiger partial charge in [0.25, 0.3) is 0 Å². The van der Waals surface area contributed by atoms with E-state index >= 15 is 0 Å². The Bertz CT molecular complexity index is 696. The SMILES string of the molecule is CC[C@H](C)C(=O)[C@H]1C(=O)O[C@@]2(C)C(=O)C=C3C=C(C)OC=C3[C@H]12. The Morgan fingerprint density at radius 3 is 2.70 bits per heavy atom.